The highest BCUT2D eigenvalue weighted by molar-refractivity contribution is 7.55. The van der Waals surface area contributed by atoms with E-state index in [0.29, 0.717) is 0 Å². The molecule has 0 saturated heterocycles. The fraction of sp³-hybridized carbons (Fsp3) is 0.818. The van der Waals surface area contributed by atoms with Crippen LogP contribution in [0.3, 0.4) is 0 Å². The highest BCUT2D eigenvalue weighted by Crippen LogP contribution is 2.46. The Hall–Kier alpha value is -0.760. The van der Waals surface area contributed by atoms with Crippen LogP contribution in [0.2, 0.25) is 0 Å². The van der Waals surface area contributed by atoms with Gasteiger partial charge < -0.3 is 27.6 Å². The Balaban J connectivity index is 3.93. The van der Waals surface area contributed by atoms with Gasteiger partial charge in [0.2, 0.25) is 0 Å². The maximum atomic E-state index is 11.7. The van der Waals surface area contributed by atoms with Crippen molar-refractivity contribution in [1.29, 1.82) is 0 Å². The van der Waals surface area contributed by atoms with Gasteiger partial charge in [-0.3, -0.25) is 18.7 Å². The van der Waals surface area contributed by atoms with Crippen LogP contribution in [-0.4, -0.2) is 65.9 Å². The smallest absolute Gasteiger partial charge is 0.341 e. The van der Waals surface area contributed by atoms with Gasteiger partial charge >= 0.3 is 27.1 Å². The topological polar surface area (TPSA) is 124 Å². The zero-order valence-electron chi connectivity index (χ0n) is 13.5. The molecular formula is C11H22O10P2. The molecule has 0 atom stereocenters. The van der Waals surface area contributed by atoms with E-state index < -0.39 is 39.5 Å². The fourth-order valence-electron chi connectivity index (χ4n) is 1.25. The summed E-state index contributed by atoms with van der Waals surface area (Å²) < 4.78 is 51.3. The van der Waals surface area contributed by atoms with Gasteiger partial charge in [-0.05, 0) is 0 Å². The molecule has 10 nitrogen and oxygen atoms in total. The standard InChI is InChI=1S/C11H22O10P2/c1-16-22(14,17-2)8-10(12)20-6-5-7-21-11(13)9-23(15,18-3)19-4/h5-9H2,1-4H3. The van der Waals surface area contributed by atoms with E-state index in [1.54, 1.807) is 0 Å². The van der Waals surface area contributed by atoms with E-state index in [9.17, 15) is 18.7 Å². The first-order valence-corrected chi connectivity index (χ1v) is 9.92. The third kappa shape index (κ3) is 9.20. The third-order valence-electron chi connectivity index (χ3n) is 2.57. The summed E-state index contributed by atoms with van der Waals surface area (Å²) in [5.74, 6) is -1.52. The van der Waals surface area contributed by atoms with Crippen molar-refractivity contribution in [3.63, 3.8) is 0 Å². The van der Waals surface area contributed by atoms with Gasteiger partial charge in [-0.15, -0.1) is 0 Å². The summed E-state index contributed by atoms with van der Waals surface area (Å²) in [5.41, 5.74) is 0. The molecule has 0 aliphatic heterocycles. The van der Waals surface area contributed by atoms with Crippen LogP contribution in [-0.2, 0) is 46.3 Å². The average molecular weight is 376 g/mol. The van der Waals surface area contributed by atoms with Crippen molar-refractivity contribution in [2.75, 3.05) is 54.0 Å². The molecule has 0 heterocycles. The molecular weight excluding hydrogens is 354 g/mol. The Morgan fingerprint density at radius 2 is 1.00 bits per heavy atom. The SMILES string of the molecule is COP(=O)(CC(=O)OCCCOC(=O)CP(=O)(OC)OC)OC. The minimum Gasteiger partial charge on any atom is -0.465 e. The molecule has 0 rings (SSSR count). The highest BCUT2D eigenvalue weighted by atomic mass is 31.2. The van der Waals surface area contributed by atoms with E-state index in [1.807, 2.05) is 0 Å². The van der Waals surface area contributed by atoms with Crippen LogP contribution in [0.4, 0.5) is 0 Å². The lowest BCUT2D eigenvalue weighted by Gasteiger charge is -2.13. The lowest BCUT2D eigenvalue weighted by Crippen LogP contribution is -2.16. The maximum absolute atomic E-state index is 11.7. The number of rotatable bonds is 12. The van der Waals surface area contributed by atoms with Crippen LogP contribution in [0.5, 0.6) is 0 Å². The van der Waals surface area contributed by atoms with E-state index in [1.165, 1.54) is 0 Å². The van der Waals surface area contributed by atoms with E-state index in [2.05, 4.69) is 18.1 Å². The van der Waals surface area contributed by atoms with Gasteiger partial charge in [-0.25, -0.2) is 0 Å². The second kappa shape index (κ2) is 10.9. The molecule has 0 bridgehead atoms. The molecule has 136 valence electrons. The van der Waals surface area contributed by atoms with E-state index in [0.717, 1.165) is 28.4 Å². The fourth-order valence-corrected chi connectivity index (χ4v) is 2.88. The normalized spacial score (nSPS) is 12.0. The van der Waals surface area contributed by atoms with Gasteiger partial charge in [0.05, 0.1) is 13.2 Å². The number of esters is 2. The molecule has 0 aromatic carbocycles. The predicted molar refractivity (Wildman–Crippen MR) is 79.5 cm³/mol. The van der Waals surface area contributed by atoms with Crippen LogP contribution in [0.1, 0.15) is 6.42 Å². The molecule has 0 aliphatic carbocycles. The second-order valence-electron chi connectivity index (χ2n) is 4.06. The van der Waals surface area contributed by atoms with Crippen molar-refractivity contribution in [2.45, 2.75) is 6.42 Å². The number of carbonyl (C=O) groups excluding carboxylic acids is 2. The molecule has 12 heteroatoms. The summed E-state index contributed by atoms with van der Waals surface area (Å²) in [5, 5.41) is 0. The lowest BCUT2D eigenvalue weighted by atomic mass is 10.5. The molecule has 0 unspecified atom stereocenters. The summed E-state index contributed by atoms with van der Waals surface area (Å²) in [7, 11) is -2.27. The van der Waals surface area contributed by atoms with Gasteiger partial charge in [0.25, 0.3) is 0 Å². The highest BCUT2D eigenvalue weighted by Gasteiger charge is 2.27. The molecule has 0 amide bonds. The Labute approximate surface area is 134 Å². The number of hydrogen-bond acceptors (Lipinski definition) is 10. The summed E-state index contributed by atoms with van der Waals surface area (Å²) in [6.07, 6.45) is -0.804. The monoisotopic (exact) mass is 376 g/mol. The Morgan fingerprint density at radius 3 is 1.26 bits per heavy atom. The Morgan fingerprint density at radius 1 is 0.696 bits per heavy atom. The average Bonchev–Trinajstić information content (AvgIpc) is 2.54. The summed E-state index contributed by atoms with van der Waals surface area (Å²) in [6.45, 7) is -0.0997. The predicted octanol–water partition coefficient (Wildman–Crippen LogP) is 1.43. The van der Waals surface area contributed by atoms with Crippen molar-refractivity contribution in [3.05, 3.63) is 0 Å². The summed E-state index contributed by atoms with van der Waals surface area (Å²) >= 11 is 0. The largest absolute Gasteiger partial charge is 0.465 e. The van der Waals surface area contributed by atoms with Gasteiger partial charge in [0, 0.05) is 34.9 Å². The Kier molecular flexibility index (Phi) is 10.6. The van der Waals surface area contributed by atoms with Crippen molar-refractivity contribution in [2.24, 2.45) is 0 Å². The number of carbonyl (C=O) groups is 2. The van der Waals surface area contributed by atoms with Crippen molar-refractivity contribution < 1.29 is 46.3 Å². The first-order valence-electron chi connectivity index (χ1n) is 6.46. The minimum atomic E-state index is -3.46. The molecule has 0 saturated carbocycles. The zero-order chi connectivity index (χ0) is 17.9. The van der Waals surface area contributed by atoms with Crippen molar-refractivity contribution in [3.8, 4) is 0 Å². The molecule has 0 aliphatic rings. The van der Waals surface area contributed by atoms with Crippen LogP contribution in [0.15, 0.2) is 0 Å². The molecule has 0 aromatic rings. The molecule has 23 heavy (non-hydrogen) atoms. The van der Waals surface area contributed by atoms with Gasteiger partial charge in [0.1, 0.15) is 12.3 Å². The van der Waals surface area contributed by atoms with Crippen LogP contribution >= 0.6 is 15.2 Å². The second-order valence-corrected chi connectivity index (χ2v) is 8.60. The van der Waals surface area contributed by atoms with Gasteiger partial charge in [0.15, 0.2) is 0 Å². The first-order chi connectivity index (χ1) is 10.7. The van der Waals surface area contributed by atoms with Crippen molar-refractivity contribution in [1.82, 2.24) is 0 Å². The van der Waals surface area contributed by atoms with Gasteiger partial charge in [-0.1, -0.05) is 0 Å². The van der Waals surface area contributed by atoms with Gasteiger partial charge in [-0.2, -0.15) is 0 Å². The maximum Gasteiger partial charge on any atom is 0.341 e. The van der Waals surface area contributed by atoms with Crippen molar-refractivity contribution >= 4 is 27.1 Å². The van der Waals surface area contributed by atoms with E-state index in [-0.39, 0.29) is 19.6 Å². The summed E-state index contributed by atoms with van der Waals surface area (Å²) in [6, 6.07) is 0. The minimum absolute atomic E-state index is 0.0498. The molecule has 0 radical (unpaired) electrons. The quantitative estimate of drug-likeness (QED) is 0.281. The van der Waals surface area contributed by atoms with Crippen LogP contribution in [0.25, 0.3) is 0 Å². The molecule has 0 fully saturated rings. The lowest BCUT2D eigenvalue weighted by molar-refractivity contribution is -0.143. The molecule has 0 N–H and O–H groups in total. The molecule has 0 spiro atoms. The van der Waals surface area contributed by atoms with E-state index in [4.69, 9.17) is 9.47 Å². The molecule has 0 aromatic heterocycles. The first kappa shape index (κ1) is 22.2. The zero-order valence-corrected chi connectivity index (χ0v) is 15.3. The Bertz CT molecular complexity index is 419. The number of ether oxygens (including phenoxy) is 2. The number of hydrogen-bond donors (Lipinski definition) is 0. The van der Waals surface area contributed by atoms with E-state index >= 15 is 0 Å². The van der Waals surface area contributed by atoms with Crippen LogP contribution < -0.4 is 0 Å². The van der Waals surface area contributed by atoms with Crippen LogP contribution in [0, 0.1) is 0 Å². The third-order valence-corrected chi connectivity index (χ3v) is 6.09. The summed E-state index contributed by atoms with van der Waals surface area (Å²) in [4.78, 5) is 22.8.